The van der Waals surface area contributed by atoms with Crippen molar-refractivity contribution in [3.05, 3.63) is 35.4 Å². The van der Waals surface area contributed by atoms with Gasteiger partial charge in [-0.25, -0.2) is 12.7 Å². The Labute approximate surface area is 128 Å². The molecule has 1 atom stereocenters. The second kappa shape index (κ2) is 7.38. The van der Waals surface area contributed by atoms with E-state index in [0.29, 0.717) is 19.0 Å². The molecule has 1 saturated heterocycles. The van der Waals surface area contributed by atoms with E-state index >= 15 is 0 Å². The van der Waals surface area contributed by atoms with Gasteiger partial charge < -0.3 is 5.32 Å². The number of nitrogens with zero attached hydrogens (tertiary/aromatic N) is 1. The number of hydrogen-bond acceptors (Lipinski definition) is 3. The molecule has 1 aromatic carbocycles. The molecule has 0 saturated carbocycles. The van der Waals surface area contributed by atoms with Gasteiger partial charge in [0.05, 0.1) is 6.26 Å². The quantitative estimate of drug-likeness (QED) is 0.815. The van der Waals surface area contributed by atoms with Gasteiger partial charge in [0.15, 0.2) is 0 Å². The summed E-state index contributed by atoms with van der Waals surface area (Å²) in [6, 6.07) is 8.57. The Morgan fingerprint density at radius 3 is 2.90 bits per heavy atom. The predicted molar refractivity (Wildman–Crippen MR) is 86.9 cm³/mol. The van der Waals surface area contributed by atoms with Gasteiger partial charge in [-0.1, -0.05) is 29.8 Å². The Balaban J connectivity index is 1.71. The van der Waals surface area contributed by atoms with Gasteiger partial charge in [0.25, 0.3) is 0 Å². The zero-order chi connectivity index (χ0) is 15.3. The first-order valence-corrected chi connectivity index (χ1v) is 9.51. The minimum atomic E-state index is -3.03. The molecule has 5 heteroatoms. The van der Waals surface area contributed by atoms with E-state index in [-0.39, 0.29) is 0 Å². The van der Waals surface area contributed by atoms with Crippen molar-refractivity contribution in [2.75, 3.05) is 32.4 Å². The summed E-state index contributed by atoms with van der Waals surface area (Å²) in [7, 11) is -3.03. The lowest BCUT2D eigenvalue weighted by Gasteiger charge is -2.31. The Bertz CT molecular complexity index is 557. The summed E-state index contributed by atoms with van der Waals surface area (Å²) in [4.78, 5) is 0. The lowest BCUT2D eigenvalue weighted by atomic mass is 9.99. The zero-order valence-corrected chi connectivity index (χ0v) is 13.8. The van der Waals surface area contributed by atoms with Crippen LogP contribution in [0.25, 0.3) is 0 Å². The number of sulfonamides is 1. The van der Waals surface area contributed by atoms with Gasteiger partial charge in [0.2, 0.25) is 10.0 Å². The molecule has 1 unspecified atom stereocenters. The summed E-state index contributed by atoms with van der Waals surface area (Å²) in [5.74, 6) is 0.436. The molecule has 1 aliphatic heterocycles. The highest BCUT2D eigenvalue weighted by Gasteiger charge is 2.25. The maximum atomic E-state index is 11.6. The SMILES string of the molecule is Cc1cccc(CCNCC2CCCN(S(C)(=O)=O)C2)c1. The lowest BCUT2D eigenvalue weighted by molar-refractivity contribution is 0.262. The van der Waals surface area contributed by atoms with Crippen LogP contribution < -0.4 is 5.32 Å². The van der Waals surface area contributed by atoms with Crippen molar-refractivity contribution in [1.82, 2.24) is 9.62 Å². The van der Waals surface area contributed by atoms with Crippen molar-refractivity contribution < 1.29 is 8.42 Å². The Morgan fingerprint density at radius 1 is 1.38 bits per heavy atom. The van der Waals surface area contributed by atoms with Crippen molar-refractivity contribution in [3.8, 4) is 0 Å². The highest BCUT2D eigenvalue weighted by molar-refractivity contribution is 7.88. The fraction of sp³-hybridized carbons (Fsp3) is 0.625. The molecule has 0 aromatic heterocycles. The molecule has 1 N–H and O–H groups in total. The smallest absolute Gasteiger partial charge is 0.211 e. The first kappa shape index (κ1) is 16.5. The van der Waals surface area contributed by atoms with Crippen molar-refractivity contribution in [1.29, 1.82) is 0 Å². The molecular weight excluding hydrogens is 284 g/mol. The van der Waals surface area contributed by atoms with E-state index in [9.17, 15) is 8.42 Å². The number of nitrogens with one attached hydrogen (secondary N) is 1. The average molecular weight is 310 g/mol. The molecule has 4 nitrogen and oxygen atoms in total. The molecule has 0 bridgehead atoms. The van der Waals surface area contributed by atoms with Crippen LogP contribution in [0.3, 0.4) is 0 Å². The lowest BCUT2D eigenvalue weighted by Crippen LogP contribution is -2.42. The second-order valence-corrected chi connectivity index (χ2v) is 8.05. The van der Waals surface area contributed by atoms with Crippen molar-refractivity contribution in [2.45, 2.75) is 26.2 Å². The summed E-state index contributed by atoms with van der Waals surface area (Å²) in [6.07, 6.45) is 4.41. The predicted octanol–water partition coefficient (Wildman–Crippen LogP) is 1.80. The normalized spacial score (nSPS) is 20.6. The Kier molecular flexibility index (Phi) is 5.79. The van der Waals surface area contributed by atoms with Crippen LogP contribution in [0.4, 0.5) is 0 Å². The number of rotatable bonds is 6. The van der Waals surface area contributed by atoms with E-state index in [2.05, 4.69) is 36.5 Å². The monoisotopic (exact) mass is 310 g/mol. The fourth-order valence-electron chi connectivity index (χ4n) is 2.90. The number of benzene rings is 1. The summed E-state index contributed by atoms with van der Waals surface area (Å²) < 4.78 is 24.8. The van der Waals surface area contributed by atoms with Crippen molar-refractivity contribution in [3.63, 3.8) is 0 Å². The largest absolute Gasteiger partial charge is 0.316 e. The van der Waals surface area contributed by atoms with Crippen LogP contribution in [0.1, 0.15) is 24.0 Å². The molecule has 21 heavy (non-hydrogen) atoms. The second-order valence-electron chi connectivity index (χ2n) is 6.07. The highest BCUT2D eigenvalue weighted by Crippen LogP contribution is 2.17. The van der Waals surface area contributed by atoms with Crippen LogP contribution in [-0.2, 0) is 16.4 Å². The van der Waals surface area contributed by atoms with Gasteiger partial charge in [-0.2, -0.15) is 0 Å². The van der Waals surface area contributed by atoms with Crippen LogP contribution in [0.2, 0.25) is 0 Å². The molecule has 1 aliphatic rings. The van der Waals surface area contributed by atoms with E-state index in [4.69, 9.17) is 0 Å². The van der Waals surface area contributed by atoms with E-state index in [1.807, 2.05) is 0 Å². The number of aryl methyl sites for hydroxylation is 1. The van der Waals surface area contributed by atoms with E-state index < -0.39 is 10.0 Å². The van der Waals surface area contributed by atoms with Gasteiger partial charge in [-0.3, -0.25) is 0 Å². The van der Waals surface area contributed by atoms with E-state index in [0.717, 1.165) is 32.4 Å². The van der Waals surface area contributed by atoms with Crippen LogP contribution in [-0.4, -0.2) is 45.2 Å². The highest BCUT2D eigenvalue weighted by atomic mass is 32.2. The van der Waals surface area contributed by atoms with Crippen LogP contribution in [0, 0.1) is 12.8 Å². The average Bonchev–Trinajstić information content (AvgIpc) is 2.43. The molecule has 0 spiro atoms. The molecule has 1 fully saturated rings. The third kappa shape index (κ3) is 5.41. The summed E-state index contributed by atoms with van der Waals surface area (Å²) in [5.41, 5.74) is 2.65. The number of piperidine rings is 1. The Hall–Kier alpha value is -0.910. The molecule has 2 rings (SSSR count). The van der Waals surface area contributed by atoms with Gasteiger partial charge >= 0.3 is 0 Å². The molecule has 118 valence electrons. The third-order valence-corrected chi connectivity index (χ3v) is 5.33. The molecule has 1 heterocycles. The summed E-state index contributed by atoms with van der Waals surface area (Å²) in [6.45, 7) is 5.30. The zero-order valence-electron chi connectivity index (χ0n) is 13.0. The topological polar surface area (TPSA) is 49.4 Å². The van der Waals surface area contributed by atoms with Gasteiger partial charge in [0.1, 0.15) is 0 Å². The molecular formula is C16H26N2O2S. The summed E-state index contributed by atoms with van der Waals surface area (Å²) in [5, 5.41) is 3.47. The van der Waals surface area contributed by atoms with Gasteiger partial charge in [0, 0.05) is 13.1 Å². The van der Waals surface area contributed by atoms with Gasteiger partial charge in [-0.05, 0) is 50.8 Å². The molecule has 0 amide bonds. The minimum Gasteiger partial charge on any atom is -0.316 e. The first-order valence-electron chi connectivity index (χ1n) is 7.66. The maximum Gasteiger partial charge on any atom is 0.211 e. The molecule has 0 radical (unpaired) electrons. The van der Waals surface area contributed by atoms with E-state index in [1.165, 1.54) is 17.4 Å². The number of hydrogen-bond donors (Lipinski definition) is 1. The summed E-state index contributed by atoms with van der Waals surface area (Å²) >= 11 is 0. The van der Waals surface area contributed by atoms with Crippen molar-refractivity contribution >= 4 is 10.0 Å². The minimum absolute atomic E-state index is 0.436. The maximum absolute atomic E-state index is 11.6. The van der Waals surface area contributed by atoms with Crippen LogP contribution >= 0.6 is 0 Å². The van der Waals surface area contributed by atoms with E-state index in [1.54, 1.807) is 4.31 Å². The van der Waals surface area contributed by atoms with Crippen LogP contribution in [0.15, 0.2) is 24.3 Å². The van der Waals surface area contributed by atoms with Crippen molar-refractivity contribution in [2.24, 2.45) is 5.92 Å². The standard InChI is InChI=1S/C16H26N2O2S/c1-14-5-3-6-15(11-14)8-9-17-12-16-7-4-10-18(13-16)21(2,19)20/h3,5-6,11,16-17H,4,7-10,12-13H2,1-2H3. The third-order valence-electron chi connectivity index (χ3n) is 4.06. The molecule has 0 aliphatic carbocycles. The van der Waals surface area contributed by atoms with Gasteiger partial charge in [-0.15, -0.1) is 0 Å². The fourth-order valence-corrected chi connectivity index (χ4v) is 3.84. The van der Waals surface area contributed by atoms with Crippen LogP contribution in [0.5, 0.6) is 0 Å². The molecule has 1 aromatic rings. The Morgan fingerprint density at radius 2 is 2.19 bits per heavy atom. The first-order chi connectivity index (χ1) is 9.95.